The van der Waals surface area contributed by atoms with Crippen LogP contribution in [-0.4, -0.2) is 39.5 Å². The van der Waals surface area contributed by atoms with Gasteiger partial charge in [-0.1, -0.05) is 19.8 Å². The third kappa shape index (κ3) is 4.41. The van der Waals surface area contributed by atoms with Crippen molar-refractivity contribution in [2.45, 2.75) is 52.4 Å². The Bertz CT molecular complexity index is 554. The highest BCUT2D eigenvalue weighted by Gasteiger charge is 2.26. The van der Waals surface area contributed by atoms with Gasteiger partial charge in [0, 0.05) is 24.7 Å². The summed E-state index contributed by atoms with van der Waals surface area (Å²) in [7, 11) is 0. The lowest BCUT2D eigenvalue weighted by atomic mass is 9.78. The van der Waals surface area contributed by atoms with E-state index in [2.05, 4.69) is 37.8 Å². The SMILES string of the molecule is CCOc1cc(N2CCOCC2)c(OCC)cc1C1CCCC(C)C1. The molecule has 1 heterocycles. The number of benzene rings is 1. The second kappa shape index (κ2) is 8.79. The van der Waals surface area contributed by atoms with E-state index in [4.69, 9.17) is 14.2 Å². The molecule has 140 valence electrons. The molecule has 0 amide bonds. The Morgan fingerprint density at radius 3 is 2.44 bits per heavy atom. The van der Waals surface area contributed by atoms with Gasteiger partial charge in [-0.15, -0.1) is 0 Å². The predicted molar refractivity (Wildman–Crippen MR) is 102 cm³/mol. The minimum absolute atomic E-state index is 0.586. The molecule has 1 saturated heterocycles. The first-order valence-electron chi connectivity index (χ1n) is 9.99. The quantitative estimate of drug-likeness (QED) is 0.752. The average Bonchev–Trinajstić information content (AvgIpc) is 2.64. The third-order valence-electron chi connectivity index (χ3n) is 5.42. The van der Waals surface area contributed by atoms with Gasteiger partial charge >= 0.3 is 0 Å². The molecule has 0 N–H and O–H groups in total. The van der Waals surface area contributed by atoms with E-state index < -0.39 is 0 Å². The molecule has 1 aliphatic heterocycles. The number of ether oxygens (including phenoxy) is 3. The largest absolute Gasteiger partial charge is 0.494 e. The van der Waals surface area contributed by atoms with Crippen molar-refractivity contribution in [1.82, 2.24) is 0 Å². The Hall–Kier alpha value is -1.42. The van der Waals surface area contributed by atoms with Crippen LogP contribution in [0.25, 0.3) is 0 Å². The van der Waals surface area contributed by atoms with Crippen LogP contribution in [0.5, 0.6) is 11.5 Å². The normalized spacial score (nSPS) is 24.2. The molecule has 2 aliphatic rings. The van der Waals surface area contributed by atoms with Gasteiger partial charge in [0.2, 0.25) is 0 Å². The first kappa shape index (κ1) is 18.4. The van der Waals surface area contributed by atoms with Crippen LogP contribution < -0.4 is 14.4 Å². The summed E-state index contributed by atoms with van der Waals surface area (Å²) in [6, 6.07) is 4.48. The maximum atomic E-state index is 6.08. The zero-order valence-corrected chi connectivity index (χ0v) is 16.1. The summed E-state index contributed by atoms with van der Waals surface area (Å²) in [5, 5.41) is 0. The molecule has 1 aromatic rings. The van der Waals surface area contributed by atoms with Gasteiger partial charge in [0.15, 0.2) is 0 Å². The van der Waals surface area contributed by atoms with Crippen molar-refractivity contribution < 1.29 is 14.2 Å². The molecular formula is C21H33NO3. The average molecular weight is 347 g/mol. The molecule has 2 unspecified atom stereocenters. The Balaban J connectivity index is 1.96. The second-order valence-electron chi connectivity index (χ2n) is 7.29. The molecule has 0 radical (unpaired) electrons. The zero-order valence-electron chi connectivity index (χ0n) is 16.1. The van der Waals surface area contributed by atoms with Gasteiger partial charge in [-0.05, 0) is 44.6 Å². The Labute approximate surface area is 152 Å². The third-order valence-corrected chi connectivity index (χ3v) is 5.42. The standard InChI is InChI=1S/C21H33NO3/c1-4-24-20-15-19(22-9-11-23-12-10-22)21(25-5-2)14-18(20)17-8-6-7-16(3)13-17/h14-17H,4-13H2,1-3H3. The highest BCUT2D eigenvalue weighted by molar-refractivity contribution is 5.65. The lowest BCUT2D eigenvalue weighted by Crippen LogP contribution is -2.36. The highest BCUT2D eigenvalue weighted by atomic mass is 16.5. The molecule has 3 rings (SSSR count). The number of anilines is 1. The van der Waals surface area contributed by atoms with E-state index in [0.717, 1.165) is 49.4 Å². The molecule has 1 aliphatic carbocycles. The van der Waals surface area contributed by atoms with Crippen LogP contribution in [0, 0.1) is 5.92 Å². The first-order chi connectivity index (χ1) is 12.2. The van der Waals surface area contributed by atoms with E-state index in [-0.39, 0.29) is 0 Å². The van der Waals surface area contributed by atoms with E-state index in [9.17, 15) is 0 Å². The monoisotopic (exact) mass is 347 g/mol. The van der Waals surface area contributed by atoms with Crippen molar-refractivity contribution in [3.63, 3.8) is 0 Å². The van der Waals surface area contributed by atoms with Crippen LogP contribution in [-0.2, 0) is 4.74 Å². The van der Waals surface area contributed by atoms with Crippen molar-refractivity contribution in [3.8, 4) is 11.5 Å². The molecule has 1 aromatic carbocycles. The van der Waals surface area contributed by atoms with E-state index in [1.807, 2.05) is 0 Å². The van der Waals surface area contributed by atoms with Crippen LogP contribution in [0.3, 0.4) is 0 Å². The van der Waals surface area contributed by atoms with Crippen LogP contribution in [0.15, 0.2) is 12.1 Å². The van der Waals surface area contributed by atoms with Crippen molar-refractivity contribution in [1.29, 1.82) is 0 Å². The first-order valence-corrected chi connectivity index (χ1v) is 9.99. The second-order valence-corrected chi connectivity index (χ2v) is 7.29. The molecule has 4 nitrogen and oxygen atoms in total. The summed E-state index contributed by atoms with van der Waals surface area (Å²) in [6.45, 7) is 11.3. The minimum Gasteiger partial charge on any atom is -0.494 e. The number of nitrogens with zero attached hydrogens (tertiary/aromatic N) is 1. The van der Waals surface area contributed by atoms with E-state index >= 15 is 0 Å². The van der Waals surface area contributed by atoms with E-state index in [1.165, 1.54) is 31.2 Å². The van der Waals surface area contributed by atoms with Crippen LogP contribution in [0.2, 0.25) is 0 Å². The van der Waals surface area contributed by atoms with Crippen molar-refractivity contribution in [2.75, 3.05) is 44.4 Å². The summed E-state index contributed by atoms with van der Waals surface area (Å²) in [5.74, 6) is 3.43. The van der Waals surface area contributed by atoms with E-state index in [1.54, 1.807) is 0 Å². The molecule has 25 heavy (non-hydrogen) atoms. The molecular weight excluding hydrogens is 314 g/mol. The lowest BCUT2D eigenvalue weighted by molar-refractivity contribution is 0.122. The summed E-state index contributed by atoms with van der Waals surface area (Å²) < 4.78 is 17.6. The molecule has 0 bridgehead atoms. The Kier molecular flexibility index (Phi) is 6.46. The van der Waals surface area contributed by atoms with Gasteiger partial charge in [-0.3, -0.25) is 0 Å². The van der Waals surface area contributed by atoms with Crippen molar-refractivity contribution >= 4 is 5.69 Å². The summed E-state index contributed by atoms with van der Waals surface area (Å²) in [6.07, 6.45) is 5.17. The summed E-state index contributed by atoms with van der Waals surface area (Å²) in [4.78, 5) is 2.37. The fraction of sp³-hybridized carbons (Fsp3) is 0.714. The predicted octanol–water partition coefficient (Wildman–Crippen LogP) is 4.61. The maximum absolute atomic E-state index is 6.08. The molecule has 0 spiro atoms. The number of hydrogen-bond donors (Lipinski definition) is 0. The highest BCUT2D eigenvalue weighted by Crippen LogP contribution is 2.44. The summed E-state index contributed by atoms with van der Waals surface area (Å²) >= 11 is 0. The number of rotatable bonds is 6. The van der Waals surface area contributed by atoms with Crippen LogP contribution >= 0.6 is 0 Å². The lowest BCUT2D eigenvalue weighted by Gasteiger charge is -2.33. The zero-order chi connectivity index (χ0) is 17.6. The molecule has 1 saturated carbocycles. The topological polar surface area (TPSA) is 30.9 Å². The van der Waals surface area contributed by atoms with Crippen molar-refractivity contribution in [3.05, 3.63) is 17.7 Å². The van der Waals surface area contributed by atoms with Crippen molar-refractivity contribution in [2.24, 2.45) is 5.92 Å². The van der Waals surface area contributed by atoms with Gasteiger partial charge in [0.25, 0.3) is 0 Å². The van der Waals surface area contributed by atoms with E-state index in [0.29, 0.717) is 19.1 Å². The number of hydrogen-bond acceptors (Lipinski definition) is 4. The maximum Gasteiger partial charge on any atom is 0.143 e. The van der Waals surface area contributed by atoms with Crippen LogP contribution in [0.1, 0.15) is 57.9 Å². The van der Waals surface area contributed by atoms with Gasteiger partial charge in [0.05, 0.1) is 32.1 Å². The smallest absolute Gasteiger partial charge is 0.143 e. The van der Waals surface area contributed by atoms with Gasteiger partial charge in [-0.25, -0.2) is 0 Å². The molecule has 0 aromatic heterocycles. The Morgan fingerprint density at radius 2 is 1.76 bits per heavy atom. The minimum atomic E-state index is 0.586. The van der Waals surface area contributed by atoms with Gasteiger partial charge in [0.1, 0.15) is 11.5 Å². The molecule has 2 fully saturated rings. The van der Waals surface area contributed by atoms with Gasteiger partial charge < -0.3 is 19.1 Å². The molecule has 4 heteroatoms. The fourth-order valence-electron chi connectivity index (χ4n) is 4.20. The van der Waals surface area contributed by atoms with Gasteiger partial charge in [-0.2, -0.15) is 0 Å². The van der Waals surface area contributed by atoms with Crippen LogP contribution in [0.4, 0.5) is 5.69 Å². The molecule has 2 atom stereocenters. The fourth-order valence-corrected chi connectivity index (χ4v) is 4.20. The number of morpholine rings is 1. The summed E-state index contributed by atoms with van der Waals surface area (Å²) in [5.41, 5.74) is 2.50. The Morgan fingerprint density at radius 1 is 1.04 bits per heavy atom.